The summed E-state index contributed by atoms with van der Waals surface area (Å²) in [5.74, 6) is 2.27. The molecule has 1 N–H and O–H groups in total. The highest BCUT2D eigenvalue weighted by atomic mass is 16.5. The fraction of sp³-hybridized carbons (Fsp3) is 0.524. The molecule has 1 unspecified atom stereocenters. The third-order valence-corrected chi connectivity index (χ3v) is 5.05. The van der Waals surface area contributed by atoms with E-state index in [1.54, 1.807) is 0 Å². The Labute approximate surface area is 161 Å². The lowest BCUT2D eigenvalue weighted by molar-refractivity contribution is 0.220. The van der Waals surface area contributed by atoms with Crippen molar-refractivity contribution in [2.24, 2.45) is 5.92 Å². The molecule has 1 atom stereocenters. The lowest BCUT2D eigenvalue weighted by atomic mass is 10.0. The first-order chi connectivity index (χ1) is 13.0. The van der Waals surface area contributed by atoms with Crippen LogP contribution in [0.3, 0.4) is 0 Å². The van der Waals surface area contributed by atoms with Gasteiger partial charge in [0.2, 0.25) is 0 Å². The second kappa shape index (κ2) is 8.46. The van der Waals surface area contributed by atoms with Gasteiger partial charge in [-0.1, -0.05) is 12.1 Å². The Morgan fingerprint density at radius 2 is 2.15 bits per heavy atom. The zero-order chi connectivity index (χ0) is 19.4. The first-order valence-corrected chi connectivity index (χ1v) is 9.80. The molecule has 1 aromatic heterocycles. The van der Waals surface area contributed by atoms with Gasteiger partial charge in [0.25, 0.3) is 0 Å². The summed E-state index contributed by atoms with van der Waals surface area (Å²) in [4.78, 5) is 19.2. The van der Waals surface area contributed by atoms with Crippen LogP contribution in [0, 0.1) is 12.8 Å². The number of para-hydroxylation sites is 2. The van der Waals surface area contributed by atoms with Gasteiger partial charge in [-0.15, -0.1) is 0 Å². The van der Waals surface area contributed by atoms with E-state index < -0.39 is 0 Å². The quantitative estimate of drug-likeness (QED) is 0.826. The van der Waals surface area contributed by atoms with E-state index in [9.17, 15) is 4.79 Å². The van der Waals surface area contributed by atoms with Crippen molar-refractivity contribution in [2.45, 2.75) is 46.6 Å². The molecule has 2 amide bonds. The highest BCUT2D eigenvalue weighted by molar-refractivity contribution is 5.91. The zero-order valence-electron chi connectivity index (χ0n) is 16.7. The number of amides is 2. The van der Waals surface area contributed by atoms with Gasteiger partial charge >= 0.3 is 6.03 Å². The molecule has 27 heavy (non-hydrogen) atoms. The largest absolute Gasteiger partial charge is 0.492 e. The van der Waals surface area contributed by atoms with Crippen molar-refractivity contribution in [3.63, 3.8) is 0 Å². The summed E-state index contributed by atoms with van der Waals surface area (Å²) >= 11 is 0. The summed E-state index contributed by atoms with van der Waals surface area (Å²) < 4.78 is 7.89. The van der Waals surface area contributed by atoms with Gasteiger partial charge in [0, 0.05) is 37.4 Å². The Balaban J connectivity index is 1.60. The van der Waals surface area contributed by atoms with E-state index in [0.717, 1.165) is 37.4 Å². The number of carbonyl (C=O) groups excluding carboxylic acids is 1. The minimum Gasteiger partial charge on any atom is -0.492 e. The number of hydrogen-bond donors (Lipinski definition) is 1. The molecule has 0 bridgehead atoms. The lowest BCUT2D eigenvalue weighted by Gasteiger charge is -2.19. The Morgan fingerprint density at radius 1 is 1.37 bits per heavy atom. The van der Waals surface area contributed by atoms with Crippen LogP contribution < -0.4 is 10.1 Å². The van der Waals surface area contributed by atoms with Crippen molar-refractivity contribution < 1.29 is 9.53 Å². The maximum absolute atomic E-state index is 12.7. The first kappa shape index (κ1) is 19.3. The minimum absolute atomic E-state index is 0.0620. The number of urea groups is 1. The van der Waals surface area contributed by atoms with Gasteiger partial charge in [0.15, 0.2) is 0 Å². The van der Waals surface area contributed by atoms with Crippen LogP contribution in [0.25, 0.3) is 0 Å². The zero-order valence-corrected chi connectivity index (χ0v) is 16.7. The molecule has 6 nitrogen and oxygen atoms in total. The Hall–Kier alpha value is -2.50. The van der Waals surface area contributed by atoms with Crippen molar-refractivity contribution in [3.8, 4) is 5.75 Å². The van der Waals surface area contributed by atoms with Crippen molar-refractivity contribution >= 4 is 11.7 Å². The summed E-state index contributed by atoms with van der Waals surface area (Å²) in [6, 6.07) is 7.90. The van der Waals surface area contributed by atoms with Crippen LogP contribution in [0.15, 0.2) is 30.5 Å². The molecule has 146 valence electrons. The van der Waals surface area contributed by atoms with Gasteiger partial charge in [-0.05, 0) is 52.2 Å². The van der Waals surface area contributed by atoms with Crippen LogP contribution in [0.4, 0.5) is 10.5 Å². The van der Waals surface area contributed by atoms with Crippen LogP contribution >= 0.6 is 0 Å². The fourth-order valence-corrected chi connectivity index (χ4v) is 3.84. The van der Waals surface area contributed by atoms with Crippen molar-refractivity contribution in [2.75, 3.05) is 25.0 Å². The number of aryl methyl sites for hydroxylation is 1. The summed E-state index contributed by atoms with van der Waals surface area (Å²) in [5, 5.41) is 3.00. The van der Waals surface area contributed by atoms with Gasteiger partial charge in [-0.3, -0.25) is 0 Å². The summed E-state index contributed by atoms with van der Waals surface area (Å²) in [7, 11) is 0. The molecule has 1 aromatic carbocycles. The Kier molecular flexibility index (Phi) is 6.04. The van der Waals surface area contributed by atoms with E-state index in [-0.39, 0.29) is 6.03 Å². The number of nitrogens with one attached hydrogen (secondary N) is 1. The number of ether oxygens (including phenoxy) is 1. The van der Waals surface area contributed by atoms with Crippen LogP contribution in [-0.2, 0) is 6.42 Å². The number of rotatable bonds is 6. The van der Waals surface area contributed by atoms with Gasteiger partial charge in [-0.2, -0.15) is 0 Å². The molecule has 0 saturated carbocycles. The molecule has 0 spiro atoms. The maximum atomic E-state index is 12.7. The number of anilines is 1. The second-order valence-electron chi connectivity index (χ2n) is 7.44. The van der Waals surface area contributed by atoms with Crippen LogP contribution in [0.1, 0.15) is 44.8 Å². The Morgan fingerprint density at radius 3 is 2.89 bits per heavy atom. The van der Waals surface area contributed by atoms with E-state index in [1.807, 2.05) is 42.3 Å². The van der Waals surface area contributed by atoms with E-state index >= 15 is 0 Å². The maximum Gasteiger partial charge on any atom is 0.321 e. The summed E-state index contributed by atoms with van der Waals surface area (Å²) in [5.41, 5.74) is 1.92. The Bertz CT molecular complexity index is 784. The molecular formula is C21H30N4O2. The van der Waals surface area contributed by atoms with E-state index in [2.05, 4.69) is 35.6 Å². The molecule has 0 radical (unpaired) electrons. The summed E-state index contributed by atoms with van der Waals surface area (Å²) in [6.45, 7) is 10.5. The molecule has 1 fully saturated rings. The number of likely N-dealkylation sites (tertiary alicyclic amines) is 1. The average molecular weight is 370 g/mol. The first-order valence-electron chi connectivity index (χ1n) is 9.80. The molecule has 3 rings (SSSR count). The SMILES string of the molecule is CCOc1ccccc1NC(=O)N1CCC(Cc2ncc(C)n2C(C)C)C1. The molecule has 1 saturated heterocycles. The number of nitrogens with zero attached hydrogens (tertiary/aromatic N) is 3. The molecule has 0 aliphatic carbocycles. The third kappa shape index (κ3) is 4.43. The number of benzene rings is 1. The minimum atomic E-state index is -0.0620. The number of aromatic nitrogens is 2. The van der Waals surface area contributed by atoms with E-state index in [4.69, 9.17) is 4.74 Å². The molecular weight excluding hydrogens is 340 g/mol. The fourth-order valence-electron chi connectivity index (χ4n) is 3.84. The second-order valence-corrected chi connectivity index (χ2v) is 7.44. The monoisotopic (exact) mass is 370 g/mol. The standard InChI is InChI=1S/C21H30N4O2/c1-5-27-19-9-7-6-8-18(19)23-21(26)24-11-10-17(14-24)12-20-22-13-16(4)25(20)15(2)3/h6-9,13,15,17H,5,10-12,14H2,1-4H3,(H,23,26). The van der Waals surface area contributed by atoms with Gasteiger partial charge in [-0.25, -0.2) is 9.78 Å². The molecule has 6 heteroatoms. The topological polar surface area (TPSA) is 59.4 Å². The van der Waals surface area contributed by atoms with Crippen molar-refractivity contribution in [3.05, 3.63) is 42.0 Å². The van der Waals surface area contributed by atoms with Crippen LogP contribution in [0.5, 0.6) is 5.75 Å². The van der Waals surface area contributed by atoms with Crippen LogP contribution in [-0.4, -0.2) is 40.2 Å². The van der Waals surface area contributed by atoms with Gasteiger partial charge in [0.05, 0.1) is 12.3 Å². The highest BCUT2D eigenvalue weighted by Gasteiger charge is 2.28. The van der Waals surface area contributed by atoms with Gasteiger partial charge in [0.1, 0.15) is 11.6 Å². The lowest BCUT2D eigenvalue weighted by Crippen LogP contribution is -2.33. The normalized spacial score (nSPS) is 16.8. The van der Waals surface area contributed by atoms with Gasteiger partial charge < -0.3 is 19.5 Å². The molecule has 2 heterocycles. The highest BCUT2D eigenvalue weighted by Crippen LogP contribution is 2.26. The third-order valence-electron chi connectivity index (χ3n) is 5.05. The van der Waals surface area contributed by atoms with Crippen molar-refractivity contribution in [1.29, 1.82) is 0 Å². The predicted molar refractivity (Wildman–Crippen MR) is 107 cm³/mol. The number of imidazole rings is 1. The smallest absolute Gasteiger partial charge is 0.321 e. The van der Waals surface area contributed by atoms with E-state index in [0.29, 0.717) is 24.3 Å². The predicted octanol–water partition coefficient (Wildman–Crippen LogP) is 4.27. The molecule has 2 aromatic rings. The summed E-state index contributed by atoms with van der Waals surface area (Å²) in [6.07, 6.45) is 3.86. The molecule has 1 aliphatic rings. The van der Waals surface area contributed by atoms with E-state index in [1.165, 1.54) is 5.69 Å². The molecule has 1 aliphatic heterocycles. The number of hydrogen-bond acceptors (Lipinski definition) is 3. The number of carbonyl (C=O) groups is 1. The van der Waals surface area contributed by atoms with Crippen molar-refractivity contribution in [1.82, 2.24) is 14.5 Å². The van der Waals surface area contributed by atoms with Crippen LogP contribution in [0.2, 0.25) is 0 Å². The average Bonchev–Trinajstić information content (AvgIpc) is 3.24.